The van der Waals surface area contributed by atoms with Crippen molar-refractivity contribution in [3.8, 4) is 11.6 Å². The first-order valence-electron chi connectivity index (χ1n) is 10.7. The molecule has 1 N–H and O–H groups in total. The highest BCUT2D eigenvalue weighted by Gasteiger charge is 2.28. The van der Waals surface area contributed by atoms with Crippen LogP contribution in [0.4, 0.5) is 5.82 Å². The summed E-state index contributed by atoms with van der Waals surface area (Å²) in [5.41, 5.74) is 3.35. The Balaban J connectivity index is 1.43. The minimum atomic E-state index is -0.0903. The average Bonchev–Trinajstić information content (AvgIpc) is 2.80. The third-order valence-electron chi connectivity index (χ3n) is 5.63. The van der Waals surface area contributed by atoms with E-state index in [1.165, 1.54) is 5.56 Å². The molecule has 1 aliphatic heterocycles. The van der Waals surface area contributed by atoms with E-state index in [1.54, 1.807) is 12.4 Å². The first-order chi connectivity index (χ1) is 15.1. The van der Waals surface area contributed by atoms with Crippen LogP contribution in [0.15, 0.2) is 60.9 Å². The molecule has 6 nitrogen and oxygen atoms in total. The maximum Gasteiger partial charge on any atom is 0.263 e. The first kappa shape index (κ1) is 20.8. The third kappa shape index (κ3) is 5.20. The van der Waals surface area contributed by atoms with E-state index < -0.39 is 0 Å². The van der Waals surface area contributed by atoms with Crippen LogP contribution < -0.4 is 15.0 Å². The predicted octanol–water partition coefficient (Wildman–Crippen LogP) is 4.42. The smallest absolute Gasteiger partial charge is 0.263 e. The maximum atomic E-state index is 12.8. The Hall–Kier alpha value is -3.41. The number of para-hydroxylation sites is 1. The molecule has 0 bridgehead atoms. The monoisotopic (exact) mass is 416 g/mol. The number of carbonyl (C=O) groups is 1. The van der Waals surface area contributed by atoms with Crippen LogP contribution in [0.2, 0.25) is 0 Å². The summed E-state index contributed by atoms with van der Waals surface area (Å²) in [5.74, 6) is 1.90. The SMILES string of the molecule is Cc1ccc(CNC(=O)C2CCCN(c3nccnc3Oc3ccccc3C)C2)cc1. The fourth-order valence-corrected chi connectivity index (χ4v) is 3.80. The van der Waals surface area contributed by atoms with Crippen molar-refractivity contribution >= 4 is 11.7 Å². The van der Waals surface area contributed by atoms with Crippen molar-refractivity contribution in [2.75, 3.05) is 18.0 Å². The van der Waals surface area contributed by atoms with Crippen molar-refractivity contribution in [1.29, 1.82) is 0 Å². The van der Waals surface area contributed by atoms with Crippen molar-refractivity contribution in [3.63, 3.8) is 0 Å². The van der Waals surface area contributed by atoms with E-state index in [0.717, 1.165) is 36.3 Å². The highest BCUT2D eigenvalue weighted by Crippen LogP contribution is 2.32. The lowest BCUT2D eigenvalue weighted by atomic mass is 9.97. The standard InChI is InChI=1S/C25H28N4O2/c1-18-9-11-20(12-10-18)16-28-24(30)21-7-5-15-29(17-21)23-25(27-14-13-26-23)31-22-8-4-3-6-19(22)2/h3-4,6,8-14,21H,5,7,15-17H2,1-2H3,(H,28,30). The number of amides is 1. The lowest BCUT2D eigenvalue weighted by Gasteiger charge is -2.33. The molecule has 0 spiro atoms. The molecule has 1 saturated heterocycles. The third-order valence-corrected chi connectivity index (χ3v) is 5.63. The normalized spacial score (nSPS) is 16.1. The quantitative estimate of drug-likeness (QED) is 0.644. The Kier molecular flexibility index (Phi) is 6.46. The zero-order valence-corrected chi connectivity index (χ0v) is 18.0. The summed E-state index contributed by atoms with van der Waals surface area (Å²) in [5, 5.41) is 3.09. The molecular weight excluding hydrogens is 388 g/mol. The molecule has 0 saturated carbocycles. The van der Waals surface area contributed by atoms with E-state index in [9.17, 15) is 4.79 Å². The summed E-state index contributed by atoms with van der Waals surface area (Å²) < 4.78 is 6.09. The maximum absolute atomic E-state index is 12.8. The van der Waals surface area contributed by atoms with Crippen molar-refractivity contribution in [2.45, 2.75) is 33.2 Å². The van der Waals surface area contributed by atoms with Crippen molar-refractivity contribution in [3.05, 3.63) is 77.6 Å². The molecular formula is C25H28N4O2. The Labute approximate surface area is 183 Å². The molecule has 2 heterocycles. The molecule has 1 aromatic heterocycles. The van der Waals surface area contributed by atoms with Gasteiger partial charge in [-0.25, -0.2) is 9.97 Å². The lowest BCUT2D eigenvalue weighted by molar-refractivity contribution is -0.125. The fourth-order valence-electron chi connectivity index (χ4n) is 3.80. The van der Waals surface area contributed by atoms with Crippen LogP contribution in [0.25, 0.3) is 0 Å². The molecule has 1 atom stereocenters. The van der Waals surface area contributed by atoms with Gasteiger partial charge in [0, 0.05) is 32.0 Å². The van der Waals surface area contributed by atoms with Gasteiger partial charge in [-0.1, -0.05) is 48.0 Å². The number of anilines is 1. The number of aromatic nitrogens is 2. The van der Waals surface area contributed by atoms with Crippen LogP contribution in [0.3, 0.4) is 0 Å². The van der Waals surface area contributed by atoms with Gasteiger partial charge in [-0.2, -0.15) is 0 Å². The van der Waals surface area contributed by atoms with Crippen LogP contribution in [0.1, 0.15) is 29.5 Å². The van der Waals surface area contributed by atoms with Gasteiger partial charge >= 0.3 is 0 Å². The van der Waals surface area contributed by atoms with Crippen molar-refractivity contribution in [1.82, 2.24) is 15.3 Å². The van der Waals surface area contributed by atoms with Crippen molar-refractivity contribution in [2.24, 2.45) is 5.92 Å². The molecule has 0 radical (unpaired) electrons. The summed E-state index contributed by atoms with van der Waals surface area (Å²) in [6.45, 7) is 6.03. The highest BCUT2D eigenvalue weighted by molar-refractivity contribution is 5.79. The summed E-state index contributed by atoms with van der Waals surface area (Å²) in [6.07, 6.45) is 5.08. The number of hydrogen-bond acceptors (Lipinski definition) is 5. The largest absolute Gasteiger partial charge is 0.436 e. The molecule has 1 amide bonds. The number of ether oxygens (including phenoxy) is 1. The molecule has 6 heteroatoms. The summed E-state index contributed by atoms with van der Waals surface area (Å²) in [6, 6.07) is 16.1. The van der Waals surface area contributed by atoms with E-state index >= 15 is 0 Å². The van der Waals surface area contributed by atoms with Gasteiger partial charge in [0.2, 0.25) is 5.91 Å². The second-order valence-corrected chi connectivity index (χ2v) is 8.04. The minimum absolute atomic E-state index is 0.0792. The van der Waals surface area contributed by atoms with Gasteiger partial charge in [0.1, 0.15) is 5.75 Å². The summed E-state index contributed by atoms with van der Waals surface area (Å²) >= 11 is 0. The summed E-state index contributed by atoms with van der Waals surface area (Å²) in [7, 11) is 0. The van der Waals surface area contributed by atoms with Crippen LogP contribution in [-0.4, -0.2) is 29.0 Å². The van der Waals surface area contributed by atoms with Gasteiger partial charge in [-0.05, 0) is 43.9 Å². The van der Waals surface area contributed by atoms with Crippen molar-refractivity contribution < 1.29 is 9.53 Å². The molecule has 1 fully saturated rings. The number of hydrogen-bond donors (Lipinski definition) is 1. The second kappa shape index (κ2) is 9.60. The van der Waals surface area contributed by atoms with E-state index in [2.05, 4.69) is 51.4 Å². The molecule has 31 heavy (non-hydrogen) atoms. The number of piperidine rings is 1. The van der Waals surface area contributed by atoms with Crippen LogP contribution >= 0.6 is 0 Å². The molecule has 2 aromatic carbocycles. The molecule has 1 aliphatic rings. The minimum Gasteiger partial charge on any atom is -0.436 e. The van der Waals surface area contributed by atoms with Gasteiger partial charge in [0.15, 0.2) is 5.82 Å². The number of aryl methyl sites for hydroxylation is 2. The average molecular weight is 417 g/mol. The zero-order chi connectivity index (χ0) is 21.6. The van der Waals surface area contributed by atoms with E-state index in [4.69, 9.17) is 4.74 Å². The molecule has 4 rings (SSSR count). The second-order valence-electron chi connectivity index (χ2n) is 8.04. The van der Waals surface area contributed by atoms with E-state index in [-0.39, 0.29) is 11.8 Å². The number of nitrogens with one attached hydrogen (secondary N) is 1. The number of nitrogens with zero attached hydrogens (tertiary/aromatic N) is 3. The Morgan fingerprint density at radius 1 is 1.10 bits per heavy atom. The number of carbonyl (C=O) groups excluding carboxylic acids is 1. The Morgan fingerprint density at radius 3 is 2.68 bits per heavy atom. The Morgan fingerprint density at radius 2 is 1.87 bits per heavy atom. The van der Waals surface area contributed by atoms with E-state index in [0.29, 0.717) is 24.8 Å². The zero-order valence-electron chi connectivity index (χ0n) is 18.0. The number of rotatable bonds is 6. The molecule has 0 aliphatic carbocycles. The van der Waals surface area contributed by atoms with Crippen LogP contribution in [0, 0.1) is 19.8 Å². The van der Waals surface area contributed by atoms with Crippen LogP contribution in [-0.2, 0) is 11.3 Å². The predicted molar refractivity (Wildman–Crippen MR) is 121 cm³/mol. The van der Waals surface area contributed by atoms with Crippen LogP contribution in [0.5, 0.6) is 11.6 Å². The van der Waals surface area contributed by atoms with Gasteiger partial charge in [0.05, 0.1) is 5.92 Å². The number of benzene rings is 2. The molecule has 160 valence electrons. The topological polar surface area (TPSA) is 67.4 Å². The van der Waals surface area contributed by atoms with Gasteiger partial charge in [0.25, 0.3) is 5.88 Å². The van der Waals surface area contributed by atoms with Gasteiger partial charge in [-0.3, -0.25) is 4.79 Å². The van der Waals surface area contributed by atoms with Gasteiger partial charge < -0.3 is 15.0 Å². The lowest BCUT2D eigenvalue weighted by Crippen LogP contribution is -2.43. The first-order valence-corrected chi connectivity index (χ1v) is 10.7. The Bertz CT molecular complexity index is 1040. The van der Waals surface area contributed by atoms with Gasteiger partial charge in [-0.15, -0.1) is 0 Å². The molecule has 1 unspecified atom stereocenters. The molecule has 3 aromatic rings. The summed E-state index contributed by atoms with van der Waals surface area (Å²) in [4.78, 5) is 23.9. The fraction of sp³-hybridized carbons (Fsp3) is 0.320. The van der Waals surface area contributed by atoms with E-state index in [1.807, 2.05) is 31.2 Å². The highest BCUT2D eigenvalue weighted by atomic mass is 16.5.